The Morgan fingerprint density at radius 3 is 2.42 bits per heavy atom. The number of amides is 2. The van der Waals surface area contributed by atoms with Gasteiger partial charge in [-0.25, -0.2) is 22.9 Å². The molecule has 2 N–H and O–H groups in total. The van der Waals surface area contributed by atoms with Gasteiger partial charge in [0.2, 0.25) is 10.0 Å². The summed E-state index contributed by atoms with van der Waals surface area (Å²) in [5, 5.41) is 7.55. The van der Waals surface area contributed by atoms with Gasteiger partial charge in [-0.05, 0) is 57.7 Å². The van der Waals surface area contributed by atoms with Gasteiger partial charge in [0.05, 0.1) is 18.3 Å². The van der Waals surface area contributed by atoms with Crippen LogP contribution in [0, 0.1) is 5.92 Å². The third kappa shape index (κ3) is 8.99. The quantitative estimate of drug-likeness (QED) is 0.409. The van der Waals surface area contributed by atoms with Gasteiger partial charge in [-0.3, -0.25) is 4.68 Å². The first-order valence-corrected chi connectivity index (χ1v) is 15.6. The van der Waals surface area contributed by atoms with Crippen molar-refractivity contribution < 1.29 is 13.2 Å². The maximum atomic E-state index is 13.0. The van der Waals surface area contributed by atoms with Crippen molar-refractivity contribution in [3.05, 3.63) is 11.6 Å². The number of sulfonamides is 1. The molecule has 1 aliphatic carbocycles. The summed E-state index contributed by atoms with van der Waals surface area (Å²) < 4.78 is 30.7. The van der Waals surface area contributed by atoms with Crippen molar-refractivity contribution in [2.75, 3.05) is 38.5 Å². The average Bonchev–Trinajstić information content (AvgIpc) is 3.26. The molecule has 1 saturated heterocycles. The lowest BCUT2D eigenvalue weighted by molar-refractivity contribution is 0.185. The number of carbonyl (C=O) groups excluding carboxylic acids is 1. The van der Waals surface area contributed by atoms with Crippen LogP contribution in [-0.2, 0) is 23.6 Å². The van der Waals surface area contributed by atoms with E-state index in [0.717, 1.165) is 58.4 Å². The molecule has 0 unspecified atom stereocenters. The van der Waals surface area contributed by atoms with Crippen LogP contribution in [0.1, 0.15) is 95.7 Å². The Labute approximate surface area is 217 Å². The molecule has 2 amide bonds. The van der Waals surface area contributed by atoms with Crippen LogP contribution in [0.5, 0.6) is 0 Å². The number of rotatable bonds is 13. The maximum absolute atomic E-state index is 13.0. The highest BCUT2D eigenvalue weighted by molar-refractivity contribution is 7.89. The van der Waals surface area contributed by atoms with E-state index in [1.165, 1.54) is 25.7 Å². The van der Waals surface area contributed by atoms with Crippen LogP contribution in [-0.4, -0.2) is 77.5 Å². The van der Waals surface area contributed by atoms with Gasteiger partial charge in [-0.2, -0.15) is 5.10 Å². The number of nitrogens with one attached hydrogen (secondary N) is 2. The Hall–Kier alpha value is -1.72. The zero-order chi connectivity index (χ0) is 26.0. The van der Waals surface area contributed by atoms with Crippen LogP contribution in [0.25, 0.3) is 0 Å². The Kier molecular flexibility index (Phi) is 11.4. The molecule has 36 heavy (non-hydrogen) atoms. The lowest BCUT2D eigenvalue weighted by atomic mass is 9.85. The van der Waals surface area contributed by atoms with E-state index >= 15 is 0 Å². The van der Waals surface area contributed by atoms with E-state index < -0.39 is 16.1 Å². The summed E-state index contributed by atoms with van der Waals surface area (Å²) in [6.45, 7) is 8.64. The fraction of sp³-hybridized carbons (Fsp3) is 0.880. The van der Waals surface area contributed by atoms with E-state index in [1.54, 1.807) is 11.7 Å². The van der Waals surface area contributed by atoms with E-state index in [9.17, 15) is 13.2 Å². The summed E-state index contributed by atoms with van der Waals surface area (Å²) in [4.78, 5) is 21.3. The first kappa shape index (κ1) is 28.8. The Bertz CT molecular complexity index is 905. The van der Waals surface area contributed by atoms with E-state index in [4.69, 9.17) is 4.98 Å². The number of urea groups is 1. The third-order valence-electron chi connectivity index (χ3n) is 7.62. The summed E-state index contributed by atoms with van der Waals surface area (Å²) in [5.41, 5.74) is 0. The Morgan fingerprint density at radius 1 is 1.08 bits per heavy atom. The monoisotopic (exact) mass is 525 g/mol. The number of piperidine rings is 1. The Balaban J connectivity index is 1.66. The summed E-state index contributed by atoms with van der Waals surface area (Å²) in [6.07, 6.45) is 10.4. The highest BCUT2D eigenvalue weighted by atomic mass is 32.2. The smallest absolute Gasteiger partial charge is 0.317 e. The predicted octanol–water partition coefficient (Wildman–Crippen LogP) is 3.17. The fourth-order valence-electron chi connectivity index (χ4n) is 5.36. The van der Waals surface area contributed by atoms with Crippen molar-refractivity contribution in [1.29, 1.82) is 0 Å². The third-order valence-corrected chi connectivity index (χ3v) is 9.09. The van der Waals surface area contributed by atoms with Gasteiger partial charge in [0.1, 0.15) is 5.82 Å². The fourth-order valence-corrected chi connectivity index (χ4v) is 6.62. The lowest BCUT2D eigenvalue weighted by Gasteiger charge is -2.26. The van der Waals surface area contributed by atoms with Gasteiger partial charge in [0.15, 0.2) is 5.82 Å². The van der Waals surface area contributed by atoms with Gasteiger partial charge < -0.3 is 15.1 Å². The second-order valence-corrected chi connectivity index (χ2v) is 12.2. The minimum Gasteiger partial charge on any atom is -0.331 e. The molecule has 0 radical (unpaired) electrons. The molecular formula is C25H47N7O3S. The van der Waals surface area contributed by atoms with Gasteiger partial charge in [0.25, 0.3) is 0 Å². The van der Waals surface area contributed by atoms with E-state index in [-0.39, 0.29) is 18.3 Å². The molecular weight excluding hydrogens is 478 g/mol. The van der Waals surface area contributed by atoms with Gasteiger partial charge in [0, 0.05) is 20.1 Å². The molecule has 2 heterocycles. The van der Waals surface area contributed by atoms with Crippen molar-refractivity contribution >= 4 is 16.1 Å². The predicted molar refractivity (Wildman–Crippen MR) is 142 cm³/mol. The number of aryl methyl sites for hydroxylation is 1. The minimum atomic E-state index is -3.48. The highest BCUT2D eigenvalue weighted by Gasteiger charge is 2.28. The molecule has 3 rings (SSSR count). The molecule has 1 aliphatic heterocycles. The Morgan fingerprint density at radius 2 is 1.75 bits per heavy atom. The maximum Gasteiger partial charge on any atom is 0.317 e. The number of likely N-dealkylation sites (tertiary alicyclic amines) is 1. The summed E-state index contributed by atoms with van der Waals surface area (Å²) >= 11 is 0. The molecule has 1 aromatic rings. The van der Waals surface area contributed by atoms with Crippen molar-refractivity contribution in [2.24, 2.45) is 13.0 Å². The van der Waals surface area contributed by atoms with Gasteiger partial charge >= 0.3 is 6.03 Å². The zero-order valence-electron chi connectivity index (χ0n) is 22.5. The van der Waals surface area contributed by atoms with Crippen LogP contribution in [0.2, 0.25) is 0 Å². The number of hydrogen-bond donors (Lipinski definition) is 2. The SMILES string of the molecule is CCN(CC)CCCS(=O)(=O)N[C@H](CC1CCCCC1)c1nc(CNC(=O)N2CCCCC2)n(C)n1. The van der Waals surface area contributed by atoms with Crippen molar-refractivity contribution in [2.45, 2.75) is 90.6 Å². The highest BCUT2D eigenvalue weighted by Crippen LogP contribution is 2.31. The molecule has 2 fully saturated rings. The van der Waals surface area contributed by atoms with Crippen LogP contribution < -0.4 is 10.0 Å². The van der Waals surface area contributed by atoms with E-state index in [2.05, 4.69) is 33.9 Å². The summed E-state index contributed by atoms with van der Waals surface area (Å²) in [5.74, 6) is 1.69. The molecule has 1 saturated carbocycles. The second-order valence-electron chi connectivity index (χ2n) is 10.3. The van der Waals surface area contributed by atoms with Crippen molar-refractivity contribution in [1.82, 2.24) is 34.6 Å². The van der Waals surface area contributed by atoms with Crippen LogP contribution >= 0.6 is 0 Å². The van der Waals surface area contributed by atoms with E-state index in [0.29, 0.717) is 30.4 Å². The molecule has 0 spiro atoms. The first-order valence-electron chi connectivity index (χ1n) is 14.0. The summed E-state index contributed by atoms with van der Waals surface area (Å²) in [7, 11) is -1.68. The molecule has 0 bridgehead atoms. The largest absolute Gasteiger partial charge is 0.331 e. The molecule has 0 aromatic carbocycles. The van der Waals surface area contributed by atoms with Gasteiger partial charge in [-0.1, -0.05) is 46.0 Å². The lowest BCUT2D eigenvalue weighted by Crippen LogP contribution is -2.42. The summed E-state index contributed by atoms with van der Waals surface area (Å²) in [6, 6.07) is -0.531. The zero-order valence-corrected chi connectivity index (χ0v) is 23.4. The molecule has 10 nitrogen and oxygen atoms in total. The van der Waals surface area contributed by atoms with E-state index in [1.807, 2.05) is 4.90 Å². The van der Waals surface area contributed by atoms with Crippen molar-refractivity contribution in [3.63, 3.8) is 0 Å². The molecule has 206 valence electrons. The number of nitrogens with zero attached hydrogens (tertiary/aromatic N) is 5. The molecule has 1 aromatic heterocycles. The topological polar surface area (TPSA) is 112 Å². The van der Waals surface area contributed by atoms with Crippen LogP contribution in [0.15, 0.2) is 0 Å². The second kappa shape index (κ2) is 14.3. The van der Waals surface area contributed by atoms with Crippen LogP contribution in [0.3, 0.4) is 0 Å². The van der Waals surface area contributed by atoms with Crippen molar-refractivity contribution in [3.8, 4) is 0 Å². The number of aromatic nitrogens is 3. The first-order chi connectivity index (χ1) is 17.3. The molecule has 1 atom stereocenters. The number of carbonyl (C=O) groups is 1. The normalized spacial score (nSPS) is 18.5. The standard InChI is InChI=1S/C25H47N7O3S/c1-4-31(5-2)15-12-18-36(34,35)29-22(19-21-13-8-6-9-14-21)24-27-23(30(3)28-24)20-26-25(33)32-16-10-7-11-17-32/h21-22,29H,4-20H2,1-3H3,(H,26,33)/t22-/m1/s1. The van der Waals surface area contributed by atoms with Crippen LogP contribution in [0.4, 0.5) is 4.79 Å². The minimum absolute atomic E-state index is 0.0769. The number of hydrogen-bond acceptors (Lipinski definition) is 6. The average molecular weight is 526 g/mol. The van der Waals surface area contributed by atoms with Gasteiger partial charge in [-0.15, -0.1) is 0 Å². The molecule has 11 heteroatoms. The molecule has 2 aliphatic rings.